The van der Waals surface area contributed by atoms with Gasteiger partial charge in [0.05, 0.1) is 11.4 Å². The topological polar surface area (TPSA) is 111 Å². The van der Waals surface area contributed by atoms with Crippen LogP contribution in [0.5, 0.6) is 0 Å². The second-order valence-corrected chi connectivity index (χ2v) is 5.75. The molecule has 0 aliphatic carbocycles. The molecule has 0 aliphatic heterocycles. The van der Waals surface area contributed by atoms with Gasteiger partial charge in [0, 0.05) is 6.04 Å². The van der Waals surface area contributed by atoms with Crippen LogP contribution in [0.2, 0.25) is 0 Å². The Bertz CT molecular complexity index is 520. The van der Waals surface area contributed by atoms with Crippen LogP contribution in [0.25, 0.3) is 0 Å². The van der Waals surface area contributed by atoms with Crippen molar-refractivity contribution in [3.8, 4) is 0 Å². The van der Waals surface area contributed by atoms with Crippen molar-refractivity contribution in [2.45, 2.75) is 31.3 Å². The molecule has 18 heavy (non-hydrogen) atoms. The lowest BCUT2D eigenvalue weighted by Gasteiger charge is -2.08. The average molecular weight is 270 g/mol. The third kappa shape index (κ3) is 4.72. The molecule has 0 aromatic heterocycles. The van der Waals surface area contributed by atoms with Crippen molar-refractivity contribution in [1.29, 1.82) is 0 Å². The molecule has 0 heterocycles. The van der Waals surface area contributed by atoms with Gasteiger partial charge in [-0.2, -0.15) is 0 Å². The predicted octanol–water partition coefficient (Wildman–Crippen LogP) is 0.147. The molecule has 0 saturated carbocycles. The first-order valence-corrected chi connectivity index (χ1v) is 7.02. The number of primary sulfonamides is 1. The van der Waals surface area contributed by atoms with E-state index >= 15 is 0 Å². The summed E-state index contributed by atoms with van der Waals surface area (Å²) in [5.74, 6) is 0.362. The number of guanidine groups is 1. The maximum atomic E-state index is 11.1. The normalized spacial score (nSPS) is 12.8. The van der Waals surface area contributed by atoms with Crippen molar-refractivity contribution in [3.05, 3.63) is 29.8 Å². The van der Waals surface area contributed by atoms with E-state index < -0.39 is 10.0 Å². The Morgan fingerprint density at radius 1 is 1.33 bits per heavy atom. The third-order valence-electron chi connectivity index (χ3n) is 2.12. The molecule has 0 aliphatic rings. The molecule has 0 fully saturated rings. The van der Waals surface area contributed by atoms with Gasteiger partial charge >= 0.3 is 0 Å². The van der Waals surface area contributed by atoms with Crippen LogP contribution in [0.15, 0.2) is 34.2 Å². The van der Waals surface area contributed by atoms with Gasteiger partial charge in [0.2, 0.25) is 10.0 Å². The molecule has 1 aromatic rings. The average Bonchev–Trinajstić information content (AvgIpc) is 2.25. The minimum Gasteiger partial charge on any atom is -0.370 e. The predicted molar refractivity (Wildman–Crippen MR) is 71.4 cm³/mol. The third-order valence-corrected chi connectivity index (χ3v) is 3.05. The molecule has 0 radical (unpaired) electrons. The van der Waals surface area contributed by atoms with Gasteiger partial charge < -0.3 is 11.1 Å². The molecule has 0 atom stereocenters. The lowest BCUT2D eigenvalue weighted by atomic mass is 10.2. The fourth-order valence-corrected chi connectivity index (χ4v) is 1.82. The summed E-state index contributed by atoms with van der Waals surface area (Å²) in [5.41, 5.74) is 6.50. The molecule has 0 spiro atoms. The number of rotatable bonds is 4. The fourth-order valence-electron chi connectivity index (χ4n) is 1.30. The number of hydrogen-bond acceptors (Lipinski definition) is 3. The Kier molecular flexibility index (Phi) is 4.69. The highest BCUT2D eigenvalue weighted by molar-refractivity contribution is 7.89. The number of nitrogens with two attached hydrogens (primary N) is 2. The van der Waals surface area contributed by atoms with E-state index in [9.17, 15) is 8.42 Å². The van der Waals surface area contributed by atoms with Gasteiger partial charge in [-0.3, -0.25) is 0 Å². The Labute approximate surface area is 107 Å². The van der Waals surface area contributed by atoms with Crippen LogP contribution in [0.4, 0.5) is 0 Å². The quantitative estimate of drug-likeness (QED) is 0.534. The zero-order chi connectivity index (χ0) is 13.8. The van der Waals surface area contributed by atoms with E-state index in [0.717, 1.165) is 5.56 Å². The summed E-state index contributed by atoms with van der Waals surface area (Å²) in [7, 11) is -3.64. The first-order valence-electron chi connectivity index (χ1n) is 5.47. The highest BCUT2D eigenvalue weighted by Crippen LogP contribution is 2.09. The zero-order valence-corrected chi connectivity index (χ0v) is 11.2. The molecule has 0 unspecified atom stereocenters. The van der Waals surface area contributed by atoms with E-state index in [2.05, 4.69) is 10.3 Å². The van der Waals surface area contributed by atoms with Crippen LogP contribution in [-0.2, 0) is 16.6 Å². The lowest BCUT2D eigenvalue weighted by molar-refractivity contribution is 0.598. The second-order valence-electron chi connectivity index (χ2n) is 4.19. The first kappa shape index (κ1) is 14.5. The van der Waals surface area contributed by atoms with Gasteiger partial charge in [-0.15, -0.1) is 0 Å². The van der Waals surface area contributed by atoms with Crippen LogP contribution in [0.1, 0.15) is 19.4 Å². The molecule has 7 heteroatoms. The van der Waals surface area contributed by atoms with Crippen LogP contribution >= 0.6 is 0 Å². The second kappa shape index (κ2) is 5.83. The molecule has 1 aromatic carbocycles. The van der Waals surface area contributed by atoms with Gasteiger partial charge in [-0.05, 0) is 31.5 Å². The monoisotopic (exact) mass is 270 g/mol. The molecular weight excluding hydrogens is 252 g/mol. The van der Waals surface area contributed by atoms with Crippen molar-refractivity contribution in [2.24, 2.45) is 15.9 Å². The summed E-state index contributed by atoms with van der Waals surface area (Å²) in [5, 5.41) is 7.96. The van der Waals surface area contributed by atoms with Gasteiger partial charge in [0.15, 0.2) is 5.96 Å². The largest absolute Gasteiger partial charge is 0.370 e. The summed E-state index contributed by atoms with van der Waals surface area (Å²) in [6.07, 6.45) is 0. The van der Waals surface area contributed by atoms with Crippen LogP contribution in [-0.4, -0.2) is 20.4 Å². The maximum absolute atomic E-state index is 11.1. The fraction of sp³-hybridized carbons (Fsp3) is 0.364. The molecular formula is C11H18N4O2S. The first-order chi connectivity index (χ1) is 8.29. The van der Waals surface area contributed by atoms with E-state index in [1.54, 1.807) is 12.1 Å². The summed E-state index contributed by atoms with van der Waals surface area (Å²) in [6, 6.07) is 6.44. The minimum absolute atomic E-state index is 0.0866. The molecule has 1 rings (SSSR count). The number of nitrogens with zero attached hydrogens (tertiary/aromatic N) is 1. The van der Waals surface area contributed by atoms with E-state index in [-0.39, 0.29) is 10.9 Å². The van der Waals surface area contributed by atoms with Gasteiger partial charge in [0.25, 0.3) is 0 Å². The summed E-state index contributed by atoms with van der Waals surface area (Å²) in [4.78, 5) is 4.22. The minimum atomic E-state index is -3.64. The Balaban J connectivity index is 2.70. The highest BCUT2D eigenvalue weighted by Gasteiger charge is 2.06. The summed E-state index contributed by atoms with van der Waals surface area (Å²) < 4.78 is 22.1. The number of nitrogens with one attached hydrogen (secondary N) is 1. The van der Waals surface area contributed by atoms with E-state index in [1.807, 2.05) is 13.8 Å². The summed E-state index contributed by atoms with van der Waals surface area (Å²) in [6.45, 7) is 4.31. The number of benzene rings is 1. The summed E-state index contributed by atoms with van der Waals surface area (Å²) >= 11 is 0. The number of hydrogen-bond donors (Lipinski definition) is 3. The standard InChI is InChI=1S/C11H18N4O2S/c1-8(2)15-11(12)14-7-9-3-5-10(6-4-9)18(13,16)17/h3-6,8H,7H2,1-2H3,(H3,12,14,15)(H2,13,16,17). The van der Waals surface area contributed by atoms with Crippen LogP contribution in [0.3, 0.4) is 0 Å². The van der Waals surface area contributed by atoms with E-state index in [1.165, 1.54) is 12.1 Å². The maximum Gasteiger partial charge on any atom is 0.238 e. The smallest absolute Gasteiger partial charge is 0.238 e. The van der Waals surface area contributed by atoms with Crippen molar-refractivity contribution >= 4 is 16.0 Å². The number of aliphatic imine (C=N–C) groups is 1. The van der Waals surface area contributed by atoms with Gasteiger partial charge in [0.1, 0.15) is 0 Å². The Hall–Kier alpha value is -1.60. The van der Waals surface area contributed by atoms with Crippen molar-refractivity contribution in [3.63, 3.8) is 0 Å². The Morgan fingerprint density at radius 3 is 2.33 bits per heavy atom. The van der Waals surface area contributed by atoms with Crippen LogP contribution in [0, 0.1) is 0 Å². The van der Waals surface area contributed by atoms with Gasteiger partial charge in [-0.25, -0.2) is 18.5 Å². The van der Waals surface area contributed by atoms with Crippen molar-refractivity contribution in [1.82, 2.24) is 5.32 Å². The van der Waals surface area contributed by atoms with Crippen molar-refractivity contribution < 1.29 is 8.42 Å². The zero-order valence-electron chi connectivity index (χ0n) is 10.4. The molecule has 6 nitrogen and oxygen atoms in total. The number of sulfonamides is 1. The Morgan fingerprint density at radius 2 is 1.89 bits per heavy atom. The van der Waals surface area contributed by atoms with E-state index in [4.69, 9.17) is 10.9 Å². The lowest BCUT2D eigenvalue weighted by Crippen LogP contribution is -2.36. The molecule has 0 bridgehead atoms. The van der Waals surface area contributed by atoms with Crippen molar-refractivity contribution in [2.75, 3.05) is 0 Å². The molecule has 0 amide bonds. The van der Waals surface area contributed by atoms with Gasteiger partial charge in [-0.1, -0.05) is 12.1 Å². The molecule has 5 N–H and O–H groups in total. The molecule has 0 saturated heterocycles. The van der Waals surface area contributed by atoms with E-state index in [0.29, 0.717) is 12.5 Å². The highest BCUT2D eigenvalue weighted by atomic mass is 32.2. The SMILES string of the molecule is CC(C)NC(N)=NCc1ccc(S(N)(=O)=O)cc1. The molecule has 100 valence electrons. The van der Waals surface area contributed by atoms with Crippen LogP contribution < -0.4 is 16.2 Å².